The minimum Gasteiger partial charge on any atom is -0.300 e. The normalized spacial score (nSPS) is 15.9. The third kappa shape index (κ3) is 3.05. The number of likely N-dealkylation sites (tertiary alicyclic amines) is 1. The first kappa shape index (κ1) is 14.0. The van der Waals surface area contributed by atoms with Crippen molar-refractivity contribution in [2.75, 3.05) is 13.1 Å². The number of rotatable bonds is 3. The van der Waals surface area contributed by atoms with E-state index in [4.69, 9.17) is 0 Å². The van der Waals surface area contributed by atoms with Gasteiger partial charge in [-0.25, -0.2) is 0 Å². The van der Waals surface area contributed by atoms with E-state index in [1.165, 1.54) is 16.9 Å². The molecule has 0 aliphatic carbocycles. The molecule has 0 saturated carbocycles. The first-order valence-electron chi connectivity index (χ1n) is 7.08. The van der Waals surface area contributed by atoms with E-state index in [-0.39, 0.29) is 0 Å². The summed E-state index contributed by atoms with van der Waals surface area (Å²) in [6.45, 7) is 2.51. The molecule has 1 aromatic carbocycles. The Kier molecular flexibility index (Phi) is 4.14. The van der Waals surface area contributed by atoms with Gasteiger partial charge in [-0.15, -0.1) is 11.3 Å². The second-order valence-corrected chi connectivity index (χ2v) is 6.16. The van der Waals surface area contributed by atoms with Crippen LogP contribution in [0.2, 0.25) is 0 Å². The number of Topliss-reactive ketones (excluding diaryl/α,β-unsaturated/α-hetero) is 1. The first-order chi connectivity index (χ1) is 10.3. The number of thiophene rings is 1. The lowest BCUT2D eigenvalue weighted by atomic mass is 9.99. The molecule has 21 heavy (non-hydrogen) atoms. The average Bonchev–Trinajstić information content (AvgIpc) is 2.98. The summed E-state index contributed by atoms with van der Waals surface area (Å²) in [7, 11) is 0. The molecule has 1 fully saturated rings. The van der Waals surface area contributed by atoms with E-state index in [9.17, 15) is 10.1 Å². The van der Waals surface area contributed by atoms with Crippen LogP contribution in [0.1, 0.15) is 23.3 Å². The third-order valence-corrected chi connectivity index (χ3v) is 4.70. The first-order valence-corrected chi connectivity index (χ1v) is 7.96. The lowest BCUT2D eigenvalue weighted by Gasteiger charge is -2.26. The van der Waals surface area contributed by atoms with Gasteiger partial charge >= 0.3 is 0 Å². The van der Waals surface area contributed by atoms with Crippen molar-refractivity contribution in [3.63, 3.8) is 0 Å². The van der Waals surface area contributed by atoms with Crippen LogP contribution in [-0.2, 0) is 11.3 Å². The molecule has 0 N–H and O–H groups in total. The van der Waals surface area contributed by atoms with Crippen molar-refractivity contribution in [3.8, 4) is 17.2 Å². The fraction of sp³-hybridized carbons (Fsp3) is 0.294. The standard InChI is InChI=1S/C17H16N2OS/c18-11-17-16(7-10-21-17)15-4-2-1-3-13(15)12-19-8-5-14(20)6-9-19/h1-4,7,10H,5-6,8-9,12H2. The summed E-state index contributed by atoms with van der Waals surface area (Å²) in [6.07, 6.45) is 1.31. The molecule has 2 heterocycles. The molecule has 3 rings (SSSR count). The summed E-state index contributed by atoms with van der Waals surface area (Å²) in [5.74, 6) is 0.365. The van der Waals surface area contributed by atoms with Crippen LogP contribution in [0.3, 0.4) is 0 Å². The number of carbonyl (C=O) groups is 1. The van der Waals surface area contributed by atoms with Crippen molar-refractivity contribution in [2.24, 2.45) is 0 Å². The van der Waals surface area contributed by atoms with Crippen molar-refractivity contribution in [2.45, 2.75) is 19.4 Å². The Bertz CT molecular complexity index is 689. The molecule has 4 heteroatoms. The van der Waals surface area contributed by atoms with Crippen LogP contribution in [0.25, 0.3) is 11.1 Å². The van der Waals surface area contributed by atoms with Crippen molar-refractivity contribution < 1.29 is 4.79 Å². The van der Waals surface area contributed by atoms with Crippen molar-refractivity contribution in [1.29, 1.82) is 5.26 Å². The van der Waals surface area contributed by atoms with E-state index in [0.717, 1.165) is 35.6 Å². The molecular formula is C17H16N2OS. The summed E-state index contributed by atoms with van der Waals surface area (Å²) in [6, 6.07) is 12.5. The number of piperidine rings is 1. The predicted octanol–water partition coefficient (Wildman–Crippen LogP) is 3.45. The molecule has 1 aliphatic heterocycles. The molecule has 1 aliphatic rings. The minimum absolute atomic E-state index is 0.365. The van der Waals surface area contributed by atoms with Gasteiger partial charge in [0.25, 0.3) is 0 Å². The van der Waals surface area contributed by atoms with E-state index in [2.05, 4.69) is 23.1 Å². The molecule has 0 spiro atoms. The van der Waals surface area contributed by atoms with E-state index in [1.807, 2.05) is 23.6 Å². The van der Waals surface area contributed by atoms with Gasteiger partial charge < -0.3 is 0 Å². The SMILES string of the molecule is N#Cc1sccc1-c1ccccc1CN1CCC(=O)CC1. The quantitative estimate of drug-likeness (QED) is 0.871. The number of ketones is 1. The number of benzene rings is 1. The number of nitriles is 1. The Hall–Kier alpha value is -1.96. The number of carbonyl (C=O) groups excluding carboxylic acids is 1. The fourth-order valence-corrected chi connectivity index (χ4v) is 3.43. The van der Waals surface area contributed by atoms with Crippen molar-refractivity contribution in [1.82, 2.24) is 4.90 Å². The second kappa shape index (κ2) is 6.21. The Morgan fingerprint density at radius 1 is 1.14 bits per heavy atom. The average molecular weight is 296 g/mol. The monoisotopic (exact) mass is 296 g/mol. The van der Waals surface area contributed by atoms with E-state index < -0.39 is 0 Å². The highest BCUT2D eigenvalue weighted by Crippen LogP contribution is 2.31. The molecule has 1 aromatic heterocycles. The lowest BCUT2D eigenvalue weighted by molar-refractivity contribution is -0.121. The highest BCUT2D eigenvalue weighted by atomic mass is 32.1. The van der Waals surface area contributed by atoms with Gasteiger partial charge in [0.1, 0.15) is 16.7 Å². The van der Waals surface area contributed by atoms with Gasteiger partial charge in [-0.05, 0) is 22.6 Å². The van der Waals surface area contributed by atoms with Gasteiger partial charge in [0.05, 0.1) is 0 Å². The summed E-state index contributed by atoms with van der Waals surface area (Å²) >= 11 is 1.48. The number of hydrogen-bond acceptors (Lipinski definition) is 4. The van der Waals surface area contributed by atoms with Gasteiger partial charge in [0, 0.05) is 38.0 Å². The van der Waals surface area contributed by atoms with E-state index in [1.54, 1.807) is 0 Å². The van der Waals surface area contributed by atoms with E-state index >= 15 is 0 Å². The van der Waals surface area contributed by atoms with Gasteiger partial charge in [-0.2, -0.15) is 5.26 Å². The van der Waals surface area contributed by atoms with Crippen molar-refractivity contribution >= 4 is 17.1 Å². The van der Waals surface area contributed by atoms with Crippen LogP contribution in [0, 0.1) is 11.3 Å². The zero-order valence-corrected chi connectivity index (χ0v) is 12.5. The van der Waals surface area contributed by atoms with Gasteiger partial charge in [-0.3, -0.25) is 9.69 Å². The van der Waals surface area contributed by atoms with E-state index in [0.29, 0.717) is 18.6 Å². The second-order valence-electron chi connectivity index (χ2n) is 5.25. The maximum Gasteiger partial charge on any atom is 0.135 e. The summed E-state index contributed by atoms with van der Waals surface area (Å²) in [4.78, 5) is 14.4. The predicted molar refractivity (Wildman–Crippen MR) is 84.0 cm³/mol. The maximum absolute atomic E-state index is 11.3. The van der Waals surface area contributed by atoms with Crippen LogP contribution in [0.15, 0.2) is 35.7 Å². The molecule has 0 atom stereocenters. The molecule has 0 bridgehead atoms. The number of nitrogens with zero attached hydrogens (tertiary/aromatic N) is 2. The molecule has 0 unspecified atom stereocenters. The Morgan fingerprint density at radius 3 is 2.67 bits per heavy atom. The van der Waals surface area contributed by atoms with Crippen LogP contribution in [0.4, 0.5) is 0 Å². The van der Waals surface area contributed by atoms with Gasteiger partial charge in [0.15, 0.2) is 0 Å². The molecule has 2 aromatic rings. The maximum atomic E-state index is 11.3. The summed E-state index contributed by atoms with van der Waals surface area (Å²) in [5.41, 5.74) is 3.38. The molecule has 106 valence electrons. The zero-order valence-electron chi connectivity index (χ0n) is 11.7. The smallest absolute Gasteiger partial charge is 0.135 e. The summed E-state index contributed by atoms with van der Waals surface area (Å²) in [5, 5.41) is 11.2. The molecule has 0 amide bonds. The highest BCUT2D eigenvalue weighted by molar-refractivity contribution is 7.11. The molecular weight excluding hydrogens is 280 g/mol. The van der Waals surface area contributed by atoms with Crippen LogP contribution < -0.4 is 0 Å². The van der Waals surface area contributed by atoms with Crippen molar-refractivity contribution in [3.05, 3.63) is 46.2 Å². The van der Waals surface area contributed by atoms with Crippen LogP contribution in [-0.4, -0.2) is 23.8 Å². The third-order valence-electron chi connectivity index (χ3n) is 3.88. The number of hydrogen-bond donors (Lipinski definition) is 0. The van der Waals surface area contributed by atoms with Gasteiger partial charge in [0.2, 0.25) is 0 Å². The topological polar surface area (TPSA) is 44.1 Å². The Morgan fingerprint density at radius 2 is 1.90 bits per heavy atom. The Balaban J connectivity index is 1.87. The summed E-state index contributed by atoms with van der Waals surface area (Å²) < 4.78 is 0. The largest absolute Gasteiger partial charge is 0.300 e. The highest BCUT2D eigenvalue weighted by Gasteiger charge is 2.18. The molecule has 1 saturated heterocycles. The van der Waals surface area contributed by atoms with Crippen LogP contribution >= 0.6 is 11.3 Å². The fourth-order valence-electron chi connectivity index (χ4n) is 2.73. The van der Waals surface area contributed by atoms with Crippen LogP contribution in [0.5, 0.6) is 0 Å². The zero-order chi connectivity index (χ0) is 14.7. The lowest BCUT2D eigenvalue weighted by Crippen LogP contribution is -2.33. The van der Waals surface area contributed by atoms with Gasteiger partial charge in [-0.1, -0.05) is 24.3 Å². The molecule has 3 nitrogen and oxygen atoms in total. The minimum atomic E-state index is 0.365. The molecule has 0 radical (unpaired) electrons. The Labute approximate surface area is 128 Å².